The van der Waals surface area contributed by atoms with Gasteiger partial charge in [0.15, 0.2) is 0 Å². The summed E-state index contributed by atoms with van der Waals surface area (Å²) >= 11 is 0. The van der Waals surface area contributed by atoms with Crippen LogP contribution in [0.25, 0.3) is 11.0 Å². The highest BCUT2D eigenvalue weighted by Crippen LogP contribution is 2.17. The zero-order valence-corrected chi connectivity index (χ0v) is 15.2. The van der Waals surface area contributed by atoms with Gasteiger partial charge >= 0.3 is 6.03 Å². The average Bonchev–Trinajstić information content (AvgIpc) is 3.08. The van der Waals surface area contributed by atoms with Gasteiger partial charge in [-0.25, -0.2) is 9.48 Å². The number of urea groups is 1. The van der Waals surface area contributed by atoms with Crippen molar-refractivity contribution in [3.05, 3.63) is 23.8 Å². The molecule has 0 saturated carbocycles. The number of hydrogen-bond donors (Lipinski definition) is 2. The number of rotatable bonds is 6. The molecule has 1 fully saturated rings. The highest BCUT2D eigenvalue weighted by atomic mass is 16.2. The number of carbonyl (C=O) groups is 2. The number of aromatic nitrogens is 3. The predicted octanol–water partition coefficient (Wildman–Crippen LogP) is 1.77. The summed E-state index contributed by atoms with van der Waals surface area (Å²) < 4.78 is 1.74. The molecule has 8 nitrogen and oxygen atoms in total. The van der Waals surface area contributed by atoms with Gasteiger partial charge in [0.05, 0.1) is 12.1 Å². The van der Waals surface area contributed by atoms with Gasteiger partial charge in [-0.2, -0.15) is 0 Å². The van der Waals surface area contributed by atoms with Gasteiger partial charge in [-0.3, -0.25) is 4.79 Å². The Balaban J connectivity index is 1.61. The summed E-state index contributed by atoms with van der Waals surface area (Å²) in [5.41, 5.74) is 2.21. The van der Waals surface area contributed by atoms with Gasteiger partial charge in [-0.15, -0.1) is 5.10 Å². The van der Waals surface area contributed by atoms with Crippen LogP contribution in [-0.4, -0.2) is 58.0 Å². The fourth-order valence-electron chi connectivity index (χ4n) is 3.13. The number of fused-ring (bicyclic) bond motifs is 1. The average molecular weight is 358 g/mol. The third kappa shape index (κ3) is 4.30. The first-order valence-electron chi connectivity index (χ1n) is 9.33. The van der Waals surface area contributed by atoms with E-state index >= 15 is 0 Å². The van der Waals surface area contributed by atoms with Crippen LogP contribution in [0.15, 0.2) is 18.2 Å². The van der Waals surface area contributed by atoms with Crippen molar-refractivity contribution >= 4 is 23.0 Å². The van der Waals surface area contributed by atoms with E-state index in [1.807, 2.05) is 24.0 Å². The Labute approximate surface area is 152 Å². The van der Waals surface area contributed by atoms with Crippen molar-refractivity contribution < 1.29 is 9.59 Å². The highest BCUT2D eigenvalue weighted by molar-refractivity contribution is 5.97. The minimum absolute atomic E-state index is 0.0652. The molecule has 2 aromatic rings. The molecular formula is C18H26N6O2. The maximum Gasteiger partial charge on any atom is 0.314 e. The van der Waals surface area contributed by atoms with E-state index in [1.54, 1.807) is 10.7 Å². The van der Waals surface area contributed by atoms with E-state index < -0.39 is 0 Å². The second-order valence-corrected chi connectivity index (χ2v) is 6.55. The Kier molecular flexibility index (Phi) is 6.04. The molecule has 1 aliphatic heterocycles. The van der Waals surface area contributed by atoms with Crippen LogP contribution in [0.5, 0.6) is 0 Å². The summed E-state index contributed by atoms with van der Waals surface area (Å²) in [5.74, 6) is 0.0652. The number of benzene rings is 1. The van der Waals surface area contributed by atoms with E-state index in [4.69, 9.17) is 0 Å². The van der Waals surface area contributed by atoms with Crippen molar-refractivity contribution in [3.63, 3.8) is 0 Å². The summed E-state index contributed by atoms with van der Waals surface area (Å²) in [5, 5.41) is 13.9. The van der Waals surface area contributed by atoms with E-state index in [1.165, 1.54) is 6.42 Å². The van der Waals surface area contributed by atoms with Crippen LogP contribution in [0.2, 0.25) is 0 Å². The van der Waals surface area contributed by atoms with Gasteiger partial charge in [0, 0.05) is 31.7 Å². The number of likely N-dealkylation sites (tertiary alicyclic amines) is 1. The first kappa shape index (κ1) is 18.2. The molecule has 3 amide bonds. The fraction of sp³-hybridized carbons (Fsp3) is 0.556. The third-order valence-corrected chi connectivity index (χ3v) is 4.55. The lowest BCUT2D eigenvalue weighted by atomic mass is 10.1. The first-order valence-corrected chi connectivity index (χ1v) is 9.33. The van der Waals surface area contributed by atoms with Gasteiger partial charge in [-0.1, -0.05) is 12.1 Å². The minimum atomic E-state index is -0.175. The monoisotopic (exact) mass is 358 g/mol. The van der Waals surface area contributed by atoms with Crippen molar-refractivity contribution in [2.45, 2.75) is 39.2 Å². The molecule has 0 radical (unpaired) electrons. The molecule has 3 rings (SSSR count). The van der Waals surface area contributed by atoms with Gasteiger partial charge < -0.3 is 15.5 Å². The number of hydrogen-bond acceptors (Lipinski definition) is 4. The van der Waals surface area contributed by atoms with Crippen molar-refractivity contribution in [2.75, 3.05) is 26.2 Å². The molecule has 1 saturated heterocycles. The van der Waals surface area contributed by atoms with Crippen LogP contribution in [0.3, 0.4) is 0 Å². The van der Waals surface area contributed by atoms with E-state index in [0.717, 1.165) is 37.9 Å². The van der Waals surface area contributed by atoms with E-state index in [2.05, 4.69) is 20.9 Å². The number of carbonyl (C=O) groups excluding carboxylic acids is 2. The van der Waals surface area contributed by atoms with Crippen LogP contribution in [0.4, 0.5) is 4.79 Å². The topological polar surface area (TPSA) is 92.1 Å². The van der Waals surface area contributed by atoms with E-state index in [9.17, 15) is 9.59 Å². The molecule has 26 heavy (non-hydrogen) atoms. The number of amides is 3. The number of piperidine rings is 1. The maximum absolute atomic E-state index is 12.6. The van der Waals surface area contributed by atoms with E-state index in [0.29, 0.717) is 30.7 Å². The highest BCUT2D eigenvalue weighted by Gasteiger charge is 2.19. The predicted molar refractivity (Wildman–Crippen MR) is 99.0 cm³/mol. The van der Waals surface area contributed by atoms with Crippen LogP contribution in [-0.2, 0) is 6.54 Å². The fourth-order valence-corrected chi connectivity index (χ4v) is 3.13. The molecule has 0 atom stereocenters. The molecule has 0 unspecified atom stereocenters. The quantitative estimate of drug-likeness (QED) is 0.823. The lowest BCUT2D eigenvalue weighted by molar-refractivity contribution is 0.0724. The van der Waals surface area contributed by atoms with Gasteiger partial charge in [-0.05, 0) is 43.9 Å². The molecule has 2 N–H and O–H groups in total. The molecule has 8 heteroatoms. The number of nitrogens with one attached hydrogen (secondary N) is 2. The molecule has 2 heterocycles. The van der Waals surface area contributed by atoms with Crippen molar-refractivity contribution in [3.8, 4) is 0 Å². The molecule has 0 aliphatic carbocycles. The molecule has 0 spiro atoms. The SMILES string of the molecule is CCCNC(=O)NCCn1nnc2cc(C(=O)N3CCCCC3)ccc21. The molecule has 0 bridgehead atoms. The van der Waals surface area contributed by atoms with E-state index in [-0.39, 0.29) is 11.9 Å². The summed E-state index contributed by atoms with van der Waals surface area (Å²) in [4.78, 5) is 26.1. The van der Waals surface area contributed by atoms with Crippen LogP contribution in [0.1, 0.15) is 43.0 Å². The standard InChI is InChI=1S/C18H26N6O2/c1-2-8-19-18(26)20-9-12-24-16-7-6-14(13-15(16)21-22-24)17(25)23-10-4-3-5-11-23/h6-7,13H,2-5,8-12H2,1H3,(H2,19,20,26). The summed E-state index contributed by atoms with van der Waals surface area (Å²) in [6, 6.07) is 5.34. The minimum Gasteiger partial charge on any atom is -0.339 e. The van der Waals surface area contributed by atoms with Crippen LogP contribution in [0, 0.1) is 0 Å². The van der Waals surface area contributed by atoms with Crippen molar-refractivity contribution in [2.24, 2.45) is 0 Å². The largest absolute Gasteiger partial charge is 0.339 e. The van der Waals surface area contributed by atoms with Gasteiger partial charge in [0.25, 0.3) is 5.91 Å². The summed E-state index contributed by atoms with van der Waals surface area (Å²) in [7, 11) is 0. The lowest BCUT2D eigenvalue weighted by Crippen LogP contribution is -2.37. The Morgan fingerprint density at radius 3 is 2.65 bits per heavy atom. The second-order valence-electron chi connectivity index (χ2n) is 6.55. The molecule has 1 aromatic heterocycles. The first-order chi connectivity index (χ1) is 12.7. The molecule has 1 aromatic carbocycles. The third-order valence-electron chi connectivity index (χ3n) is 4.55. The summed E-state index contributed by atoms with van der Waals surface area (Å²) in [6.07, 6.45) is 4.24. The maximum atomic E-state index is 12.6. The van der Waals surface area contributed by atoms with Crippen LogP contribution >= 0.6 is 0 Å². The van der Waals surface area contributed by atoms with Gasteiger partial charge in [0.2, 0.25) is 0 Å². The second kappa shape index (κ2) is 8.64. The summed E-state index contributed by atoms with van der Waals surface area (Å²) in [6.45, 7) is 5.31. The van der Waals surface area contributed by atoms with Crippen LogP contribution < -0.4 is 10.6 Å². The Morgan fingerprint density at radius 2 is 1.88 bits per heavy atom. The molecule has 1 aliphatic rings. The van der Waals surface area contributed by atoms with Crippen molar-refractivity contribution in [1.29, 1.82) is 0 Å². The molecular weight excluding hydrogens is 332 g/mol. The van der Waals surface area contributed by atoms with Gasteiger partial charge in [0.1, 0.15) is 5.52 Å². The Morgan fingerprint density at radius 1 is 1.12 bits per heavy atom. The Bertz CT molecular complexity index is 766. The Hall–Kier alpha value is -2.64. The lowest BCUT2D eigenvalue weighted by Gasteiger charge is -2.26. The molecule has 140 valence electrons. The number of nitrogens with zero attached hydrogens (tertiary/aromatic N) is 4. The zero-order valence-electron chi connectivity index (χ0n) is 15.2. The van der Waals surface area contributed by atoms with Crippen molar-refractivity contribution in [1.82, 2.24) is 30.5 Å². The zero-order chi connectivity index (χ0) is 18.4. The normalized spacial score (nSPS) is 14.4. The smallest absolute Gasteiger partial charge is 0.314 e.